The Morgan fingerprint density at radius 1 is 1.35 bits per heavy atom. The SMILES string of the molecule is CC[C@H](C)[C@H](N)C(=O)N(Cc1cccc(Cl)c1)C(C)C. The summed E-state index contributed by atoms with van der Waals surface area (Å²) in [5.41, 5.74) is 7.10. The van der Waals surface area contributed by atoms with Gasteiger partial charge in [0.25, 0.3) is 0 Å². The number of carbonyl (C=O) groups is 1. The Bertz CT molecular complexity index is 448. The van der Waals surface area contributed by atoms with Crippen molar-refractivity contribution in [3.05, 3.63) is 34.9 Å². The molecule has 112 valence electrons. The summed E-state index contributed by atoms with van der Waals surface area (Å²) in [5.74, 6) is 0.192. The van der Waals surface area contributed by atoms with Crippen LogP contribution in [0.4, 0.5) is 0 Å². The summed E-state index contributed by atoms with van der Waals surface area (Å²) in [6.45, 7) is 8.62. The fraction of sp³-hybridized carbons (Fsp3) is 0.562. The van der Waals surface area contributed by atoms with Gasteiger partial charge in [0.05, 0.1) is 6.04 Å². The summed E-state index contributed by atoms with van der Waals surface area (Å²) in [6.07, 6.45) is 0.899. The Kier molecular flexibility index (Phi) is 6.50. The number of halogens is 1. The Morgan fingerprint density at radius 2 is 2.00 bits per heavy atom. The minimum Gasteiger partial charge on any atom is -0.335 e. The van der Waals surface area contributed by atoms with Gasteiger partial charge in [0.2, 0.25) is 5.91 Å². The summed E-state index contributed by atoms with van der Waals surface area (Å²) in [7, 11) is 0. The molecule has 0 saturated heterocycles. The van der Waals surface area contributed by atoms with Crippen LogP contribution in [0.5, 0.6) is 0 Å². The number of benzene rings is 1. The second-order valence-electron chi connectivity index (χ2n) is 5.60. The number of rotatable bonds is 6. The van der Waals surface area contributed by atoms with Crippen molar-refractivity contribution in [1.29, 1.82) is 0 Å². The number of nitrogens with two attached hydrogens (primary N) is 1. The molecular weight excluding hydrogens is 272 g/mol. The number of nitrogens with zero attached hydrogens (tertiary/aromatic N) is 1. The van der Waals surface area contributed by atoms with E-state index in [0.29, 0.717) is 11.6 Å². The third-order valence-corrected chi connectivity index (χ3v) is 3.93. The van der Waals surface area contributed by atoms with E-state index in [1.165, 1.54) is 0 Å². The van der Waals surface area contributed by atoms with Crippen LogP contribution < -0.4 is 5.73 Å². The smallest absolute Gasteiger partial charge is 0.240 e. The highest BCUT2D eigenvalue weighted by atomic mass is 35.5. The molecule has 0 aliphatic heterocycles. The Balaban J connectivity index is 2.87. The van der Waals surface area contributed by atoms with Gasteiger partial charge < -0.3 is 10.6 Å². The van der Waals surface area contributed by atoms with E-state index in [1.807, 2.05) is 49.9 Å². The van der Waals surface area contributed by atoms with E-state index < -0.39 is 6.04 Å². The molecule has 1 aromatic carbocycles. The molecule has 0 spiro atoms. The van der Waals surface area contributed by atoms with Gasteiger partial charge in [-0.05, 0) is 37.5 Å². The van der Waals surface area contributed by atoms with Crippen molar-refractivity contribution in [3.8, 4) is 0 Å². The number of hydrogen-bond acceptors (Lipinski definition) is 2. The Morgan fingerprint density at radius 3 is 2.50 bits per heavy atom. The zero-order valence-corrected chi connectivity index (χ0v) is 13.5. The van der Waals surface area contributed by atoms with Gasteiger partial charge in [0.15, 0.2) is 0 Å². The lowest BCUT2D eigenvalue weighted by Crippen LogP contribution is -2.49. The molecule has 0 aliphatic rings. The van der Waals surface area contributed by atoms with E-state index >= 15 is 0 Å². The number of carbonyl (C=O) groups excluding carboxylic acids is 1. The van der Waals surface area contributed by atoms with Gasteiger partial charge in [-0.2, -0.15) is 0 Å². The lowest BCUT2D eigenvalue weighted by atomic mass is 9.98. The van der Waals surface area contributed by atoms with E-state index in [9.17, 15) is 4.79 Å². The molecule has 0 fully saturated rings. The maximum Gasteiger partial charge on any atom is 0.240 e. The first kappa shape index (κ1) is 17.0. The van der Waals surface area contributed by atoms with Crippen molar-refractivity contribution in [2.24, 2.45) is 11.7 Å². The first-order chi connectivity index (χ1) is 9.36. The van der Waals surface area contributed by atoms with Crippen molar-refractivity contribution < 1.29 is 4.79 Å². The summed E-state index contributed by atoms with van der Waals surface area (Å²) < 4.78 is 0. The van der Waals surface area contributed by atoms with Crippen molar-refractivity contribution in [2.75, 3.05) is 0 Å². The van der Waals surface area contributed by atoms with E-state index in [0.717, 1.165) is 12.0 Å². The van der Waals surface area contributed by atoms with E-state index in [1.54, 1.807) is 0 Å². The average Bonchev–Trinajstić information content (AvgIpc) is 2.42. The minimum absolute atomic E-state index is 0.00863. The first-order valence-electron chi connectivity index (χ1n) is 7.17. The maximum absolute atomic E-state index is 12.5. The summed E-state index contributed by atoms with van der Waals surface area (Å²) >= 11 is 5.99. The second kappa shape index (κ2) is 7.65. The van der Waals surface area contributed by atoms with Crippen LogP contribution in [0.2, 0.25) is 5.02 Å². The highest BCUT2D eigenvalue weighted by molar-refractivity contribution is 6.30. The van der Waals surface area contributed by atoms with Crippen LogP contribution in [0.25, 0.3) is 0 Å². The molecule has 1 aromatic rings. The van der Waals surface area contributed by atoms with Crippen LogP contribution >= 0.6 is 11.6 Å². The van der Waals surface area contributed by atoms with Crippen LogP contribution in [-0.2, 0) is 11.3 Å². The van der Waals surface area contributed by atoms with Crippen LogP contribution in [-0.4, -0.2) is 22.9 Å². The van der Waals surface area contributed by atoms with Crippen molar-refractivity contribution in [3.63, 3.8) is 0 Å². The van der Waals surface area contributed by atoms with Gasteiger partial charge in [0.1, 0.15) is 0 Å². The fourth-order valence-corrected chi connectivity index (χ4v) is 2.25. The largest absolute Gasteiger partial charge is 0.335 e. The molecule has 0 aromatic heterocycles. The summed E-state index contributed by atoms with van der Waals surface area (Å²) in [5, 5.41) is 0.685. The van der Waals surface area contributed by atoms with Crippen molar-refractivity contribution >= 4 is 17.5 Å². The third-order valence-electron chi connectivity index (χ3n) is 3.69. The molecule has 0 heterocycles. The van der Waals surface area contributed by atoms with E-state index in [2.05, 4.69) is 6.92 Å². The molecule has 0 aliphatic carbocycles. The molecule has 0 unspecified atom stereocenters. The van der Waals surface area contributed by atoms with Gasteiger partial charge in [-0.3, -0.25) is 4.79 Å². The molecule has 2 atom stereocenters. The Hall–Kier alpha value is -1.06. The lowest BCUT2D eigenvalue weighted by molar-refractivity contribution is -0.136. The molecule has 2 N–H and O–H groups in total. The van der Waals surface area contributed by atoms with Crippen LogP contribution in [0.1, 0.15) is 39.7 Å². The minimum atomic E-state index is -0.443. The monoisotopic (exact) mass is 296 g/mol. The first-order valence-corrected chi connectivity index (χ1v) is 7.55. The van der Waals surface area contributed by atoms with Gasteiger partial charge >= 0.3 is 0 Å². The summed E-state index contributed by atoms with van der Waals surface area (Å²) in [4.78, 5) is 14.4. The zero-order chi connectivity index (χ0) is 15.3. The van der Waals surface area contributed by atoms with Gasteiger partial charge in [-0.25, -0.2) is 0 Å². The second-order valence-corrected chi connectivity index (χ2v) is 6.04. The Labute approximate surface area is 127 Å². The topological polar surface area (TPSA) is 46.3 Å². The van der Waals surface area contributed by atoms with Gasteiger partial charge in [-0.1, -0.05) is 44.0 Å². The quantitative estimate of drug-likeness (QED) is 0.874. The van der Waals surface area contributed by atoms with Crippen LogP contribution in [0.3, 0.4) is 0 Å². The fourth-order valence-electron chi connectivity index (χ4n) is 2.04. The van der Waals surface area contributed by atoms with Crippen LogP contribution in [0.15, 0.2) is 24.3 Å². The molecule has 20 heavy (non-hydrogen) atoms. The highest BCUT2D eigenvalue weighted by Crippen LogP contribution is 2.17. The standard InChI is InChI=1S/C16H25ClN2O/c1-5-12(4)15(18)16(20)19(11(2)3)10-13-7-6-8-14(17)9-13/h6-9,11-12,15H,5,10,18H2,1-4H3/t12-,15-/m0/s1. The number of amides is 1. The average molecular weight is 297 g/mol. The molecule has 0 saturated carbocycles. The highest BCUT2D eigenvalue weighted by Gasteiger charge is 2.26. The van der Waals surface area contributed by atoms with Gasteiger partial charge in [-0.15, -0.1) is 0 Å². The molecule has 0 radical (unpaired) electrons. The normalized spacial score (nSPS) is 14.2. The van der Waals surface area contributed by atoms with Crippen LogP contribution in [0, 0.1) is 5.92 Å². The predicted molar refractivity (Wildman–Crippen MR) is 84.6 cm³/mol. The van der Waals surface area contributed by atoms with E-state index in [4.69, 9.17) is 17.3 Å². The van der Waals surface area contributed by atoms with Crippen molar-refractivity contribution in [2.45, 2.75) is 52.7 Å². The molecule has 4 heteroatoms. The molecule has 0 bridgehead atoms. The molecule has 1 rings (SSSR count). The third kappa shape index (κ3) is 4.50. The summed E-state index contributed by atoms with van der Waals surface area (Å²) in [6, 6.07) is 7.26. The number of hydrogen-bond donors (Lipinski definition) is 1. The van der Waals surface area contributed by atoms with Gasteiger partial charge in [0, 0.05) is 17.6 Å². The lowest BCUT2D eigenvalue weighted by Gasteiger charge is -2.31. The zero-order valence-electron chi connectivity index (χ0n) is 12.8. The molecular formula is C16H25ClN2O. The van der Waals surface area contributed by atoms with E-state index in [-0.39, 0.29) is 17.9 Å². The van der Waals surface area contributed by atoms with Crippen molar-refractivity contribution in [1.82, 2.24) is 4.90 Å². The molecule has 1 amide bonds. The maximum atomic E-state index is 12.5. The molecule has 3 nitrogen and oxygen atoms in total. The predicted octanol–water partition coefficient (Wildman–Crippen LogP) is 3.45.